The van der Waals surface area contributed by atoms with Crippen LogP contribution >= 0.6 is 0 Å². The number of hydrogen-bond donors (Lipinski definition) is 2. The lowest BCUT2D eigenvalue weighted by Gasteiger charge is -2.09. The molecule has 4 nitrogen and oxygen atoms in total. The first-order valence-corrected chi connectivity index (χ1v) is 6.34. The average Bonchev–Trinajstić information content (AvgIpc) is 2.83. The van der Waals surface area contributed by atoms with Crippen LogP contribution in [-0.4, -0.2) is 31.9 Å². The molecule has 0 aromatic heterocycles. The minimum atomic E-state index is -3.13. The van der Waals surface area contributed by atoms with Gasteiger partial charge in [-0.25, -0.2) is 13.1 Å². The summed E-state index contributed by atoms with van der Waals surface area (Å²) in [5.41, 5.74) is 0. The van der Waals surface area contributed by atoms with Crippen LogP contribution in [0.25, 0.3) is 0 Å². The number of rotatable bonds is 6. The highest BCUT2D eigenvalue weighted by Gasteiger charge is 2.27. The molecular formula is C8H17NO3S. The monoisotopic (exact) mass is 207 g/mol. The molecule has 0 amide bonds. The maximum atomic E-state index is 11.3. The molecule has 78 valence electrons. The maximum absolute atomic E-state index is 11.3. The van der Waals surface area contributed by atoms with Crippen LogP contribution in [0.3, 0.4) is 0 Å². The highest BCUT2D eigenvalue weighted by molar-refractivity contribution is 7.89. The van der Waals surface area contributed by atoms with Crippen molar-refractivity contribution in [2.24, 2.45) is 5.92 Å². The quantitative estimate of drug-likeness (QED) is 0.648. The summed E-state index contributed by atoms with van der Waals surface area (Å²) in [5.74, 6) is 0.583. The molecule has 0 bridgehead atoms. The number of aliphatic hydroxyl groups is 1. The van der Waals surface area contributed by atoms with E-state index in [1.807, 2.05) is 6.92 Å². The van der Waals surface area contributed by atoms with Gasteiger partial charge in [-0.2, -0.15) is 0 Å². The third-order valence-electron chi connectivity index (χ3n) is 2.16. The summed E-state index contributed by atoms with van der Waals surface area (Å²) in [6.45, 7) is 1.96. The van der Waals surface area contributed by atoms with E-state index in [0.29, 0.717) is 12.3 Å². The topological polar surface area (TPSA) is 66.4 Å². The normalized spacial score (nSPS) is 20.2. The third kappa shape index (κ3) is 4.59. The summed E-state index contributed by atoms with van der Waals surface area (Å²) in [4.78, 5) is 0. The highest BCUT2D eigenvalue weighted by Crippen LogP contribution is 2.29. The Balaban J connectivity index is 2.24. The van der Waals surface area contributed by atoms with Gasteiger partial charge in [0.1, 0.15) is 0 Å². The molecule has 2 N–H and O–H groups in total. The van der Waals surface area contributed by atoms with Crippen molar-refractivity contribution in [2.45, 2.75) is 32.3 Å². The van der Waals surface area contributed by atoms with Gasteiger partial charge < -0.3 is 5.11 Å². The van der Waals surface area contributed by atoms with Gasteiger partial charge in [0, 0.05) is 6.54 Å². The second-order valence-corrected chi connectivity index (χ2v) is 5.49. The fourth-order valence-corrected chi connectivity index (χ4v) is 2.54. The largest absolute Gasteiger partial charge is 0.392 e. The summed E-state index contributed by atoms with van der Waals surface area (Å²) >= 11 is 0. The van der Waals surface area contributed by atoms with Crippen LogP contribution in [0.15, 0.2) is 0 Å². The van der Waals surface area contributed by atoms with Crippen molar-refractivity contribution >= 4 is 10.0 Å². The van der Waals surface area contributed by atoms with E-state index in [1.165, 1.54) is 0 Å². The average molecular weight is 207 g/mol. The fourth-order valence-electron chi connectivity index (χ4n) is 1.02. The first-order valence-electron chi connectivity index (χ1n) is 4.69. The predicted molar refractivity (Wildman–Crippen MR) is 50.8 cm³/mol. The Hall–Kier alpha value is -0.130. The summed E-state index contributed by atoms with van der Waals surface area (Å²) in [6.07, 6.45) is 2.06. The molecule has 0 aromatic carbocycles. The van der Waals surface area contributed by atoms with Crippen LogP contribution in [0.2, 0.25) is 0 Å². The van der Waals surface area contributed by atoms with E-state index >= 15 is 0 Å². The molecule has 0 aliphatic heterocycles. The van der Waals surface area contributed by atoms with E-state index in [0.717, 1.165) is 12.8 Å². The zero-order valence-corrected chi connectivity index (χ0v) is 8.68. The third-order valence-corrected chi connectivity index (χ3v) is 3.68. The van der Waals surface area contributed by atoms with E-state index in [1.54, 1.807) is 0 Å². The molecule has 1 saturated carbocycles. The Bertz CT molecular complexity index is 246. The van der Waals surface area contributed by atoms with Gasteiger partial charge in [0.25, 0.3) is 0 Å². The summed E-state index contributed by atoms with van der Waals surface area (Å²) in [5, 5.41) is 9.14. The van der Waals surface area contributed by atoms with Gasteiger partial charge in [0.05, 0.1) is 11.9 Å². The van der Waals surface area contributed by atoms with E-state index in [-0.39, 0.29) is 12.3 Å². The van der Waals surface area contributed by atoms with Crippen LogP contribution in [-0.2, 0) is 10.0 Å². The summed E-state index contributed by atoms with van der Waals surface area (Å²) in [7, 11) is -3.13. The molecule has 0 saturated heterocycles. The molecule has 1 unspecified atom stereocenters. The molecule has 5 heteroatoms. The lowest BCUT2D eigenvalue weighted by molar-refractivity contribution is 0.174. The van der Waals surface area contributed by atoms with Crippen LogP contribution in [0.5, 0.6) is 0 Å². The van der Waals surface area contributed by atoms with Gasteiger partial charge in [-0.3, -0.25) is 0 Å². The van der Waals surface area contributed by atoms with Gasteiger partial charge in [-0.1, -0.05) is 6.92 Å². The minimum Gasteiger partial charge on any atom is -0.392 e. The van der Waals surface area contributed by atoms with Crippen molar-refractivity contribution in [3.63, 3.8) is 0 Å². The van der Waals surface area contributed by atoms with Crippen molar-refractivity contribution in [3.05, 3.63) is 0 Å². The molecule has 1 rings (SSSR count). The first kappa shape index (κ1) is 10.9. The van der Waals surface area contributed by atoms with Crippen molar-refractivity contribution in [3.8, 4) is 0 Å². The molecule has 1 fully saturated rings. The van der Waals surface area contributed by atoms with Gasteiger partial charge >= 0.3 is 0 Å². The number of nitrogens with one attached hydrogen (secondary N) is 1. The van der Waals surface area contributed by atoms with E-state index in [2.05, 4.69) is 4.72 Å². The molecule has 0 radical (unpaired) electrons. The highest BCUT2D eigenvalue weighted by atomic mass is 32.2. The van der Waals surface area contributed by atoms with Gasteiger partial charge in [-0.15, -0.1) is 0 Å². The van der Waals surface area contributed by atoms with Crippen LogP contribution < -0.4 is 4.72 Å². The van der Waals surface area contributed by atoms with Crippen molar-refractivity contribution in [2.75, 3.05) is 12.3 Å². The summed E-state index contributed by atoms with van der Waals surface area (Å²) in [6, 6.07) is 0. The molecular weight excluding hydrogens is 190 g/mol. The van der Waals surface area contributed by atoms with Gasteiger partial charge in [0.15, 0.2) is 0 Å². The zero-order chi connectivity index (χ0) is 9.90. The second-order valence-electron chi connectivity index (χ2n) is 3.64. The molecule has 13 heavy (non-hydrogen) atoms. The molecule has 1 aliphatic rings. The molecule has 0 aromatic rings. The Morgan fingerprint density at radius 3 is 2.62 bits per heavy atom. The van der Waals surface area contributed by atoms with Crippen molar-refractivity contribution in [1.82, 2.24) is 4.72 Å². The fraction of sp³-hybridized carbons (Fsp3) is 1.00. The van der Waals surface area contributed by atoms with E-state index in [4.69, 9.17) is 5.11 Å². The van der Waals surface area contributed by atoms with Crippen LogP contribution in [0.1, 0.15) is 26.2 Å². The number of aliphatic hydroxyl groups excluding tert-OH is 1. The van der Waals surface area contributed by atoms with Crippen LogP contribution in [0, 0.1) is 5.92 Å². The number of hydrogen-bond acceptors (Lipinski definition) is 3. The standard InChI is InChI=1S/C8H17NO3S/c1-2-8(10)5-9-13(11,12)6-7-3-4-7/h7-10H,2-6H2,1H3. The lowest BCUT2D eigenvalue weighted by Crippen LogP contribution is -2.33. The van der Waals surface area contributed by atoms with Crippen molar-refractivity contribution < 1.29 is 13.5 Å². The minimum absolute atomic E-state index is 0.144. The molecule has 0 heterocycles. The van der Waals surface area contributed by atoms with Gasteiger partial charge in [-0.05, 0) is 25.2 Å². The molecule has 1 aliphatic carbocycles. The number of sulfonamides is 1. The Kier molecular flexibility index (Phi) is 3.70. The Morgan fingerprint density at radius 2 is 2.15 bits per heavy atom. The summed E-state index contributed by atoms with van der Waals surface area (Å²) < 4.78 is 25.0. The smallest absolute Gasteiger partial charge is 0.211 e. The maximum Gasteiger partial charge on any atom is 0.211 e. The SMILES string of the molecule is CCC(O)CNS(=O)(=O)CC1CC1. The molecule has 0 spiro atoms. The van der Waals surface area contributed by atoms with E-state index < -0.39 is 16.1 Å². The van der Waals surface area contributed by atoms with E-state index in [9.17, 15) is 8.42 Å². The first-order chi connectivity index (χ1) is 6.03. The van der Waals surface area contributed by atoms with Gasteiger partial charge in [0.2, 0.25) is 10.0 Å². The predicted octanol–water partition coefficient (Wildman–Crippen LogP) is 0.0867. The molecule has 1 atom stereocenters. The Morgan fingerprint density at radius 1 is 1.54 bits per heavy atom. The second kappa shape index (κ2) is 4.39. The lowest BCUT2D eigenvalue weighted by atomic mass is 10.3. The van der Waals surface area contributed by atoms with Crippen molar-refractivity contribution in [1.29, 1.82) is 0 Å². The van der Waals surface area contributed by atoms with Crippen LogP contribution in [0.4, 0.5) is 0 Å². The Labute approximate surface area is 79.4 Å². The zero-order valence-electron chi connectivity index (χ0n) is 7.86.